The minimum absolute atomic E-state index is 0.0197. The first-order valence-corrected chi connectivity index (χ1v) is 24.4. The van der Waals surface area contributed by atoms with E-state index < -0.39 is 0 Å². The van der Waals surface area contributed by atoms with Gasteiger partial charge in [-0.15, -0.1) is 0 Å². The molecule has 0 radical (unpaired) electrons. The highest BCUT2D eigenvalue weighted by molar-refractivity contribution is 6.10. The van der Waals surface area contributed by atoms with Gasteiger partial charge in [-0.2, -0.15) is 0 Å². The number of aromatic nitrogens is 4. The molecule has 71 heavy (non-hydrogen) atoms. The highest BCUT2D eigenvalue weighted by atomic mass is 16.5. The summed E-state index contributed by atoms with van der Waals surface area (Å²) in [5.74, 6) is 2.56. The number of hydrogen-bond donors (Lipinski definition) is 0. The minimum atomic E-state index is 0.0197. The molecule has 3 heterocycles. The molecule has 0 bridgehead atoms. The molecule has 1 atom stereocenters. The van der Waals surface area contributed by atoms with Gasteiger partial charge in [-0.1, -0.05) is 204 Å². The minimum Gasteiger partial charge on any atom is -0.458 e. The number of rotatable bonds is 10. The van der Waals surface area contributed by atoms with Gasteiger partial charge in [-0.3, -0.25) is 13.7 Å². The van der Waals surface area contributed by atoms with Gasteiger partial charge >= 0.3 is 0 Å². The normalized spacial score (nSPS) is 12.2. The summed E-state index contributed by atoms with van der Waals surface area (Å²) in [5.41, 5.74) is 16.7. The summed E-state index contributed by atoms with van der Waals surface area (Å²) < 4.78 is 13.6. The van der Waals surface area contributed by atoms with E-state index in [0.717, 1.165) is 89.3 Å². The summed E-state index contributed by atoms with van der Waals surface area (Å²) in [6.45, 7) is 9.29. The molecule has 0 aliphatic heterocycles. The lowest BCUT2D eigenvalue weighted by Crippen LogP contribution is -2.31. The first kappa shape index (κ1) is 43.5. The third-order valence-electron chi connectivity index (χ3n) is 14.2. The molecule has 0 saturated heterocycles. The van der Waals surface area contributed by atoms with Crippen molar-refractivity contribution in [3.63, 3.8) is 0 Å². The van der Waals surface area contributed by atoms with Gasteiger partial charge in [0.1, 0.15) is 17.3 Å². The van der Waals surface area contributed by atoms with Crippen molar-refractivity contribution in [1.29, 1.82) is 0 Å². The molecule has 12 aromatic rings. The summed E-state index contributed by atoms with van der Waals surface area (Å²) in [4.78, 5) is 5.27. The van der Waals surface area contributed by atoms with Gasteiger partial charge in [-0.25, -0.2) is 4.98 Å². The van der Waals surface area contributed by atoms with Crippen molar-refractivity contribution in [2.45, 2.75) is 33.6 Å². The van der Waals surface area contributed by atoms with Crippen LogP contribution in [0.5, 0.6) is 11.5 Å². The molecular weight excluding hydrogens is 865 g/mol. The van der Waals surface area contributed by atoms with Gasteiger partial charge in [0.05, 0.1) is 33.4 Å². The molecule has 0 aliphatic carbocycles. The number of ether oxygens (including phenoxy) is 1. The van der Waals surface area contributed by atoms with Gasteiger partial charge in [0.15, 0.2) is 0 Å². The smallest absolute Gasteiger partial charge is 0.269 e. The van der Waals surface area contributed by atoms with Crippen LogP contribution < -0.4 is 9.30 Å². The van der Waals surface area contributed by atoms with E-state index in [4.69, 9.17) is 9.72 Å². The fourth-order valence-electron chi connectivity index (χ4n) is 10.1. The Balaban J connectivity index is 0.985. The van der Waals surface area contributed by atoms with E-state index in [1.807, 2.05) is 6.07 Å². The summed E-state index contributed by atoms with van der Waals surface area (Å²) in [6, 6.07) is 81.4. The third-order valence-corrected chi connectivity index (χ3v) is 14.2. The maximum absolute atomic E-state index is 6.90. The second kappa shape index (κ2) is 17.9. The van der Waals surface area contributed by atoms with E-state index in [2.05, 4.69) is 278 Å². The highest BCUT2D eigenvalue weighted by Gasteiger charge is 2.27. The lowest BCUT2D eigenvalue weighted by atomic mass is 9.76. The number of fused-ring (bicyclic) bond motifs is 4. The van der Waals surface area contributed by atoms with E-state index in [0.29, 0.717) is 0 Å². The summed E-state index contributed by atoms with van der Waals surface area (Å²) in [6.07, 6.45) is 5.89. The Morgan fingerprint density at radius 1 is 0.479 bits per heavy atom. The molecule has 9 aromatic carbocycles. The maximum atomic E-state index is 6.90. The average Bonchev–Trinajstić information content (AvgIpc) is 3.96. The van der Waals surface area contributed by atoms with Crippen LogP contribution in [0.3, 0.4) is 0 Å². The second-order valence-corrected chi connectivity index (χ2v) is 19.5. The summed E-state index contributed by atoms with van der Waals surface area (Å²) in [5, 5.41) is 2.28. The zero-order valence-corrected chi connectivity index (χ0v) is 40.3. The Bertz CT molecular complexity index is 3830. The lowest BCUT2D eigenvalue weighted by Gasteiger charge is -2.30. The van der Waals surface area contributed by atoms with Gasteiger partial charge in [0.25, 0.3) is 6.33 Å². The van der Waals surface area contributed by atoms with Crippen molar-refractivity contribution in [3.8, 4) is 73.2 Å². The Labute approximate surface area is 415 Å². The highest BCUT2D eigenvalue weighted by Crippen LogP contribution is 2.43. The molecule has 12 rings (SSSR count). The molecule has 0 N–H and O–H groups in total. The van der Waals surface area contributed by atoms with E-state index >= 15 is 0 Å². The SMILES string of the molecule is CC(c1cc(-n2c3ccc(-c4ccccc4)cc3c3ccc(Oc4cccc(-n5[c-][n+](-c6c(-c7ccccc7)cccc6-c6ccccc6)c6ccccc65)c4)cc32)ncc1-c1ccccc1)C(C)(C)C. The van der Waals surface area contributed by atoms with Crippen LogP contribution in [0.15, 0.2) is 237 Å². The monoisotopic (exact) mass is 916 g/mol. The van der Waals surface area contributed by atoms with Gasteiger partial charge in [-0.05, 0) is 104 Å². The summed E-state index contributed by atoms with van der Waals surface area (Å²) >= 11 is 0. The molecule has 0 amide bonds. The van der Waals surface area contributed by atoms with E-state index in [1.54, 1.807) is 0 Å². The van der Waals surface area contributed by atoms with Crippen LogP contribution in [-0.4, -0.2) is 14.1 Å². The summed E-state index contributed by atoms with van der Waals surface area (Å²) in [7, 11) is 0. The Hall–Kier alpha value is -8.80. The van der Waals surface area contributed by atoms with Crippen LogP contribution in [0.4, 0.5) is 0 Å². The Morgan fingerprint density at radius 2 is 1.07 bits per heavy atom. The Kier molecular flexibility index (Phi) is 11.0. The molecule has 342 valence electrons. The molecule has 1 unspecified atom stereocenters. The first-order chi connectivity index (χ1) is 34.8. The number of benzene rings is 9. The van der Waals surface area contributed by atoms with Crippen molar-refractivity contribution >= 4 is 32.8 Å². The predicted molar refractivity (Wildman–Crippen MR) is 292 cm³/mol. The molecule has 0 aliphatic rings. The van der Waals surface area contributed by atoms with Gasteiger partial charge in [0, 0.05) is 28.6 Å². The zero-order valence-electron chi connectivity index (χ0n) is 40.3. The fourth-order valence-corrected chi connectivity index (χ4v) is 10.1. The topological polar surface area (TPSA) is 35.9 Å². The van der Waals surface area contributed by atoms with E-state index in [-0.39, 0.29) is 11.3 Å². The van der Waals surface area contributed by atoms with Crippen LogP contribution in [0.2, 0.25) is 0 Å². The number of para-hydroxylation sites is 3. The van der Waals surface area contributed by atoms with Gasteiger partial charge in [0.2, 0.25) is 0 Å². The molecule has 0 fully saturated rings. The van der Waals surface area contributed by atoms with Gasteiger partial charge < -0.3 is 4.74 Å². The zero-order chi connectivity index (χ0) is 48.1. The van der Waals surface area contributed by atoms with Crippen LogP contribution in [0.25, 0.3) is 94.5 Å². The molecule has 5 heteroatoms. The van der Waals surface area contributed by atoms with Crippen molar-refractivity contribution in [1.82, 2.24) is 14.1 Å². The van der Waals surface area contributed by atoms with Crippen LogP contribution in [-0.2, 0) is 0 Å². The fraction of sp³-hybridized carbons (Fsp3) is 0.0909. The van der Waals surface area contributed by atoms with Crippen LogP contribution >= 0.6 is 0 Å². The molecule has 3 aromatic heterocycles. The molecular formula is C66H52N4O. The number of imidazole rings is 1. The second-order valence-electron chi connectivity index (χ2n) is 19.5. The maximum Gasteiger partial charge on any atom is 0.269 e. The number of nitrogens with zero attached hydrogens (tertiary/aromatic N) is 4. The number of pyridine rings is 1. The Morgan fingerprint density at radius 3 is 1.73 bits per heavy atom. The third kappa shape index (κ3) is 8.05. The lowest BCUT2D eigenvalue weighted by molar-refractivity contribution is -0.571. The predicted octanol–water partition coefficient (Wildman–Crippen LogP) is 16.8. The standard InChI is InChI=1S/C66H52N4O/c1-45(66(2,3)4)57-42-64(67-43-59(57)49-27-15-8-16-28-49)70-60-38-35-50(46-21-9-5-10-22-46)39-58(60)56-37-36-53(41-63(56)70)71-52-30-19-29-51(40-52)68-44-69(62-34-18-17-33-61(62)68)65-54(47-23-11-6-12-24-47)31-20-32-55(65)48-25-13-7-14-26-48/h5-43,45H,1-4H3. The van der Waals surface area contributed by atoms with Crippen molar-refractivity contribution in [2.24, 2.45) is 5.41 Å². The average molecular weight is 917 g/mol. The molecule has 0 spiro atoms. The van der Waals surface area contributed by atoms with Crippen molar-refractivity contribution < 1.29 is 9.30 Å². The van der Waals surface area contributed by atoms with Crippen molar-refractivity contribution in [2.75, 3.05) is 0 Å². The quantitative estimate of drug-likeness (QED) is 0.101. The molecule has 0 saturated carbocycles. The van der Waals surface area contributed by atoms with Crippen molar-refractivity contribution in [3.05, 3.63) is 249 Å². The van der Waals surface area contributed by atoms with E-state index in [1.165, 1.54) is 22.3 Å². The largest absolute Gasteiger partial charge is 0.458 e. The molecule has 5 nitrogen and oxygen atoms in total. The van der Waals surface area contributed by atoms with E-state index in [9.17, 15) is 0 Å². The first-order valence-electron chi connectivity index (χ1n) is 24.4. The van der Waals surface area contributed by atoms with Crippen LogP contribution in [0.1, 0.15) is 39.2 Å². The van der Waals surface area contributed by atoms with Crippen LogP contribution in [0, 0.1) is 11.7 Å². The number of hydrogen-bond acceptors (Lipinski definition) is 2.